The molecule has 0 radical (unpaired) electrons. The lowest BCUT2D eigenvalue weighted by atomic mass is 10.1. The lowest BCUT2D eigenvalue weighted by molar-refractivity contribution is -0.118. The maximum atomic E-state index is 11.9. The third kappa shape index (κ3) is 6.02. The quantitative estimate of drug-likeness (QED) is 0.552. The van der Waals surface area contributed by atoms with Crippen molar-refractivity contribution < 1.29 is 9.53 Å². The van der Waals surface area contributed by atoms with Gasteiger partial charge in [0.05, 0.1) is 18.6 Å². The molecule has 0 bridgehead atoms. The number of thioether (sulfide) groups is 1. The van der Waals surface area contributed by atoms with Gasteiger partial charge in [-0.1, -0.05) is 28.1 Å². The molecule has 0 fully saturated rings. The van der Waals surface area contributed by atoms with Gasteiger partial charge in [0.25, 0.3) is 0 Å². The fourth-order valence-electron chi connectivity index (χ4n) is 1.96. The zero-order valence-electron chi connectivity index (χ0n) is 13.6. The molecule has 0 atom stereocenters. The van der Waals surface area contributed by atoms with Crippen molar-refractivity contribution in [3.05, 3.63) is 64.1 Å². The lowest BCUT2D eigenvalue weighted by Gasteiger charge is -2.05. The Bertz CT molecular complexity index is 717. The Balaban J connectivity index is 1.78. The first-order valence-electron chi connectivity index (χ1n) is 7.38. The number of ether oxygens (including phenoxy) is 1. The summed E-state index contributed by atoms with van der Waals surface area (Å²) >= 11 is 5.00. The summed E-state index contributed by atoms with van der Waals surface area (Å²) in [4.78, 5) is 11.9. The molecule has 0 aliphatic rings. The zero-order valence-corrected chi connectivity index (χ0v) is 16.0. The number of hydrogen-bond acceptors (Lipinski definition) is 4. The van der Waals surface area contributed by atoms with Gasteiger partial charge in [0.2, 0.25) is 5.91 Å². The molecule has 6 heteroatoms. The number of carbonyl (C=O) groups is 1. The predicted molar refractivity (Wildman–Crippen MR) is 104 cm³/mol. The van der Waals surface area contributed by atoms with Crippen LogP contribution in [0.3, 0.4) is 0 Å². The maximum absolute atomic E-state index is 11.9. The Hall–Kier alpha value is -1.79. The number of hydrazone groups is 1. The van der Waals surface area contributed by atoms with Crippen molar-refractivity contribution in [1.82, 2.24) is 5.43 Å². The van der Waals surface area contributed by atoms with Crippen LogP contribution >= 0.6 is 27.7 Å². The van der Waals surface area contributed by atoms with E-state index in [4.69, 9.17) is 4.74 Å². The van der Waals surface area contributed by atoms with Crippen LogP contribution < -0.4 is 10.2 Å². The van der Waals surface area contributed by atoms with E-state index in [1.54, 1.807) is 18.9 Å². The molecule has 0 aliphatic heterocycles. The fourth-order valence-corrected chi connectivity index (χ4v) is 3.18. The highest BCUT2D eigenvalue weighted by molar-refractivity contribution is 9.10. The smallest absolute Gasteiger partial charge is 0.250 e. The summed E-state index contributed by atoms with van der Waals surface area (Å²) in [6.45, 7) is 1.86. The summed E-state index contributed by atoms with van der Waals surface area (Å²) in [5, 5.41) is 4.15. The first kappa shape index (κ1) is 18.5. The maximum Gasteiger partial charge on any atom is 0.250 e. The van der Waals surface area contributed by atoms with Gasteiger partial charge < -0.3 is 4.74 Å². The van der Waals surface area contributed by atoms with Gasteiger partial charge in [0.15, 0.2) is 0 Å². The van der Waals surface area contributed by atoms with Crippen LogP contribution in [0.15, 0.2) is 58.1 Å². The van der Waals surface area contributed by atoms with Crippen molar-refractivity contribution in [1.29, 1.82) is 0 Å². The monoisotopic (exact) mass is 406 g/mol. The number of hydrogen-bond donors (Lipinski definition) is 1. The fraction of sp³-hybridized carbons (Fsp3) is 0.222. The number of nitrogens with one attached hydrogen (secondary N) is 1. The van der Waals surface area contributed by atoms with Crippen LogP contribution in [0.2, 0.25) is 0 Å². The lowest BCUT2D eigenvalue weighted by Crippen LogP contribution is -2.21. The highest BCUT2D eigenvalue weighted by atomic mass is 79.9. The second-order valence-electron chi connectivity index (χ2n) is 5.08. The summed E-state index contributed by atoms with van der Waals surface area (Å²) in [6, 6.07) is 15.6. The first-order valence-corrected chi connectivity index (χ1v) is 9.33. The molecule has 0 saturated carbocycles. The molecule has 2 rings (SSSR count). The van der Waals surface area contributed by atoms with Gasteiger partial charge in [-0.2, -0.15) is 5.10 Å². The predicted octanol–water partition coefficient (Wildman–Crippen LogP) is 4.23. The second-order valence-corrected chi connectivity index (χ2v) is 6.98. The van der Waals surface area contributed by atoms with E-state index in [-0.39, 0.29) is 5.91 Å². The molecule has 2 aromatic rings. The number of rotatable bonds is 7. The third-order valence-electron chi connectivity index (χ3n) is 3.25. The van der Waals surface area contributed by atoms with E-state index in [2.05, 4.69) is 32.5 Å². The van der Waals surface area contributed by atoms with Crippen LogP contribution in [0, 0.1) is 0 Å². The molecule has 24 heavy (non-hydrogen) atoms. The standard InChI is InChI=1S/C18H19BrN2O2S/c1-13(15-6-8-17(23-2)9-7-15)20-21-18(22)12-24-11-14-4-3-5-16(19)10-14/h3-10H,11-12H2,1-2H3,(H,21,22)/b20-13+. The van der Waals surface area contributed by atoms with Crippen molar-refractivity contribution in [2.75, 3.05) is 12.9 Å². The molecule has 4 nitrogen and oxygen atoms in total. The number of benzene rings is 2. The van der Waals surface area contributed by atoms with Gasteiger partial charge in [-0.15, -0.1) is 11.8 Å². The molecular weight excluding hydrogens is 388 g/mol. The summed E-state index contributed by atoms with van der Waals surface area (Å²) in [5.74, 6) is 1.84. The van der Waals surface area contributed by atoms with Crippen LogP contribution in [-0.4, -0.2) is 24.5 Å². The number of carbonyl (C=O) groups excluding carboxylic acids is 1. The molecule has 2 aromatic carbocycles. The van der Waals surface area contributed by atoms with Gasteiger partial charge in [-0.25, -0.2) is 5.43 Å². The van der Waals surface area contributed by atoms with Gasteiger partial charge >= 0.3 is 0 Å². The minimum absolute atomic E-state index is 0.108. The summed E-state index contributed by atoms with van der Waals surface area (Å²) in [5.41, 5.74) is 5.47. The molecular formula is C18H19BrN2O2S. The molecule has 0 aromatic heterocycles. The SMILES string of the molecule is COc1ccc(/C(C)=N/NC(=O)CSCc2cccc(Br)c2)cc1. The van der Waals surface area contributed by atoms with Crippen molar-refractivity contribution in [3.63, 3.8) is 0 Å². The van der Waals surface area contributed by atoms with Crippen LogP contribution in [-0.2, 0) is 10.5 Å². The summed E-state index contributed by atoms with van der Waals surface area (Å²) in [7, 11) is 1.63. The largest absolute Gasteiger partial charge is 0.497 e. The van der Waals surface area contributed by atoms with E-state index in [1.165, 1.54) is 5.56 Å². The third-order valence-corrected chi connectivity index (χ3v) is 4.74. The van der Waals surface area contributed by atoms with Gasteiger partial charge in [-0.3, -0.25) is 4.79 Å². The minimum atomic E-state index is -0.108. The average molecular weight is 407 g/mol. The molecule has 1 N–H and O–H groups in total. The van der Waals surface area contributed by atoms with Gasteiger partial charge in [0.1, 0.15) is 5.75 Å². The summed E-state index contributed by atoms with van der Waals surface area (Å²) < 4.78 is 6.17. The van der Waals surface area contributed by atoms with Gasteiger partial charge in [-0.05, 0) is 54.4 Å². The van der Waals surface area contributed by atoms with E-state index < -0.39 is 0 Å². The first-order chi connectivity index (χ1) is 11.6. The minimum Gasteiger partial charge on any atom is -0.497 e. The zero-order chi connectivity index (χ0) is 17.4. The Morgan fingerprint density at radius 3 is 2.67 bits per heavy atom. The number of methoxy groups -OCH3 is 1. The second kappa shape index (κ2) is 9.49. The molecule has 0 unspecified atom stereocenters. The normalized spacial score (nSPS) is 11.2. The number of amides is 1. The van der Waals surface area contributed by atoms with Crippen molar-refractivity contribution >= 4 is 39.3 Å². The van der Waals surface area contributed by atoms with E-state index >= 15 is 0 Å². The molecule has 0 aliphatic carbocycles. The van der Waals surface area contributed by atoms with Gasteiger partial charge in [0, 0.05) is 10.2 Å². The topological polar surface area (TPSA) is 50.7 Å². The van der Waals surface area contributed by atoms with Crippen LogP contribution in [0.5, 0.6) is 5.75 Å². The van der Waals surface area contributed by atoms with Crippen LogP contribution in [0.25, 0.3) is 0 Å². The molecule has 1 amide bonds. The molecule has 0 heterocycles. The Morgan fingerprint density at radius 1 is 1.25 bits per heavy atom. The number of nitrogens with zero attached hydrogens (tertiary/aromatic N) is 1. The van der Waals surface area contributed by atoms with Crippen LogP contribution in [0.4, 0.5) is 0 Å². The Labute approximate surface area is 154 Å². The van der Waals surface area contributed by atoms with Crippen molar-refractivity contribution in [2.24, 2.45) is 5.10 Å². The Morgan fingerprint density at radius 2 is 2.00 bits per heavy atom. The van der Waals surface area contributed by atoms with Crippen molar-refractivity contribution in [3.8, 4) is 5.75 Å². The average Bonchev–Trinajstić information content (AvgIpc) is 2.60. The highest BCUT2D eigenvalue weighted by Crippen LogP contribution is 2.17. The highest BCUT2D eigenvalue weighted by Gasteiger charge is 2.03. The van der Waals surface area contributed by atoms with Crippen LogP contribution in [0.1, 0.15) is 18.1 Å². The number of halogens is 1. The van der Waals surface area contributed by atoms with E-state index in [9.17, 15) is 4.79 Å². The summed E-state index contributed by atoms with van der Waals surface area (Å²) in [6.07, 6.45) is 0. The van der Waals surface area contributed by atoms with Crippen molar-refractivity contribution in [2.45, 2.75) is 12.7 Å². The van der Waals surface area contributed by atoms with E-state index in [1.807, 2.05) is 49.4 Å². The van der Waals surface area contributed by atoms with E-state index in [0.717, 1.165) is 27.3 Å². The Kier molecular flexibility index (Phi) is 7.34. The molecule has 0 spiro atoms. The van der Waals surface area contributed by atoms with E-state index in [0.29, 0.717) is 5.75 Å². The molecule has 126 valence electrons. The molecule has 0 saturated heterocycles.